The predicted molar refractivity (Wildman–Crippen MR) is 60.1 cm³/mol. The molecule has 0 saturated heterocycles. The van der Waals surface area contributed by atoms with Gasteiger partial charge in [-0.05, 0) is 19.1 Å². The maximum absolute atomic E-state index is 5.78. The molecule has 2 aromatic heterocycles. The third kappa shape index (κ3) is 2.05. The number of aryl methyl sites for hydroxylation is 1. The highest BCUT2D eigenvalue weighted by molar-refractivity contribution is 7.15. The molecule has 2 nitrogen and oxygen atoms in total. The SMILES string of the molecule is Cc1ccc(-c2nc(Cl)cc(Cl)n2)s1. The monoisotopic (exact) mass is 244 g/mol. The average molecular weight is 245 g/mol. The van der Waals surface area contributed by atoms with Crippen LogP contribution in [-0.4, -0.2) is 9.97 Å². The first-order valence-electron chi connectivity index (χ1n) is 3.92. The molecule has 0 aromatic carbocycles. The van der Waals surface area contributed by atoms with E-state index in [1.165, 1.54) is 10.9 Å². The van der Waals surface area contributed by atoms with E-state index in [0.717, 1.165) is 4.88 Å². The zero-order valence-electron chi connectivity index (χ0n) is 7.29. The molecular formula is C9H6Cl2N2S. The Bertz CT molecular complexity index is 447. The van der Waals surface area contributed by atoms with Crippen LogP contribution in [0.2, 0.25) is 10.3 Å². The molecule has 0 atom stereocenters. The van der Waals surface area contributed by atoms with Crippen molar-refractivity contribution in [1.29, 1.82) is 0 Å². The van der Waals surface area contributed by atoms with Crippen molar-refractivity contribution in [1.82, 2.24) is 9.97 Å². The van der Waals surface area contributed by atoms with Crippen molar-refractivity contribution < 1.29 is 0 Å². The Hall–Kier alpha value is -0.640. The van der Waals surface area contributed by atoms with Crippen LogP contribution in [0.15, 0.2) is 18.2 Å². The summed E-state index contributed by atoms with van der Waals surface area (Å²) in [7, 11) is 0. The Labute approximate surface area is 95.5 Å². The van der Waals surface area contributed by atoms with Gasteiger partial charge in [-0.1, -0.05) is 23.2 Å². The Balaban J connectivity index is 2.51. The highest BCUT2D eigenvalue weighted by atomic mass is 35.5. The lowest BCUT2D eigenvalue weighted by molar-refractivity contribution is 1.19. The van der Waals surface area contributed by atoms with Gasteiger partial charge in [-0.15, -0.1) is 11.3 Å². The molecule has 0 saturated carbocycles. The van der Waals surface area contributed by atoms with Crippen molar-refractivity contribution in [3.05, 3.63) is 33.4 Å². The molecule has 0 bridgehead atoms. The molecule has 0 aliphatic carbocycles. The maximum Gasteiger partial charge on any atom is 0.172 e. The second-order valence-electron chi connectivity index (χ2n) is 2.75. The molecule has 2 rings (SSSR count). The van der Waals surface area contributed by atoms with Gasteiger partial charge in [0.2, 0.25) is 0 Å². The molecule has 0 spiro atoms. The van der Waals surface area contributed by atoms with Crippen molar-refractivity contribution in [3.63, 3.8) is 0 Å². The Kier molecular flexibility index (Phi) is 2.72. The quantitative estimate of drug-likeness (QED) is 0.713. The molecule has 5 heteroatoms. The highest BCUT2D eigenvalue weighted by Crippen LogP contribution is 2.26. The molecular weight excluding hydrogens is 239 g/mol. The molecule has 0 fully saturated rings. The largest absolute Gasteiger partial charge is 0.215 e. The molecule has 0 unspecified atom stereocenters. The summed E-state index contributed by atoms with van der Waals surface area (Å²) in [4.78, 5) is 10.4. The van der Waals surface area contributed by atoms with E-state index in [0.29, 0.717) is 16.1 Å². The minimum Gasteiger partial charge on any atom is -0.215 e. The van der Waals surface area contributed by atoms with Crippen LogP contribution < -0.4 is 0 Å². The smallest absolute Gasteiger partial charge is 0.172 e. The number of halogens is 2. The second-order valence-corrected chi connectivity index (χ2v) is 4.81. The molecule has 0 aliphatic heterocycles. The molecule has 0 N–H and O–H groups in total. The molecule has 14 heavy (non-hydrogen) atoms. The third-order valence-corrected chi connectivity index (χ3v) is 3.01. The number of nitrogens with zero attached hydrogens (tertiary/aromatic N) is 2. The zero-order chi connectivity index (χ0) is 10.1. The van der Waals surface area contributed by atoms with E-state index in [4.69, 9.17) is 23.2 Å². The Morgan fingerprint density at radius 3 is 2.29 bits per heavy atom. The van der Waals surface area contributed by atoms with Gasteiger partial charge in [0.1, 0.15) is 10.3 Å². The van der Waals surface area contributed by atoms with Gasteiger partial charge in [0.15, 0.2) is 5.82 Å². The molecule has 0 amide bonds. The normalized spacial score (nSPS) is 10.5. The summed E-state index contributed by atoms with van der Waals surface area (Å²) in [6.45, 7) is 2.03. The van der Waals surface area contributed by atoms with Crippen LogP contribution in [0.1, 0.15) is 4.88 Å². The summed E-state index contributed by atoms with van der Waals surface area (Å²) in [5, 5.41) is 0.733. The fourth-order valence-electron chi connectivity index (χ4n) is 1.06. The molecule has 0 radical (unpaired) electrons. The molecule has 2 aromatic rings. The minimum absolute atomic E-state index is 0.367. The third-order valence-electron chi connectivity index (χ3n) is 1.62. The van der Waals surface area contributed by atoms with Gasteiger partial charge < -0.3 is 0 Å². The van der Waals surface area contributed by atoms with E-state index in [2.05, 4.69) is 9.97 Å². The van der Waals surface area contributed by atoms with Crippen LogP contribution >= 0.6 is 34.5 Å². The number of hydrogen-bond donors (Lipinski definition) is 0. The molecule has 72 valence electrons. The maximum atomic E-state index is 5.78. The topological polar surface area (TPSA) is 25.8 Å². The molecule has 2 heterocycles. The van der Waals surface area contributed by atoms with Gasteiger partial charge in [0, 0.05) is 10.9 Å². The first kappa shape index (κ1) is 9.90. The van der Waals surface area contributed by atoms with Gasteiger partial charge in [-0.25, -0.2) is 9.97 Å². The predicted octanol–water partition coefficient (Wildman–Crippen LogP) is 3.82. The fraction of sp³-hybridized carbons (Fsp3) is 0.111. The zero-order valence-corrected chi connectivity index (χ0v) is 9.62. The standard InChI is InChI=1S/C9H6Cl2N2S/c1-5-2-3-6(14-5)9-12-7(10)4-8(11)13-9/h2-4H,1H3. The summed E-state index contributed by atoms with van der Waals surface area (Å²) in [6.07, 6.45) is 0. The second kappa shape index (κ2) is 3.85. The lowest BCUT2D eigenvalue weighted by Crippen LogP contribution is -1.87. The summed E-state index contributed by atoms with van der Waals surface area (Å²) in [6, 6.07) is 5.49. The number of thiophene rings is 1. The summed E-state index contributed by atoms with van der Waals surface area (Å²) in [5.41, 5.74) is 0. The van der Waals surface area contributed by atoms with Crippen molar-refractivity contribution in [2.75, 3.05) is 0 Å². The highest BCUT2D eigenvalue weighted by Gasteiger charge is 2.06. The van der Waals surface area contributed by atoms with Gasteiger partial charge in [0.05, 0.1) is 4.88 Å². The van der Waals surface area contributed by atoms with E-state index in [-0.39, 0.29) is 0 Å². The first-order valence-corrected chi connectivity index (χ1v) is 5.49. The van der Waals surface area contributed by atoms with Crippen LogP contribution in [0.4, 0.5) is 0 Å². The van der Waals surface area contributed by atoms with Crippen LogP contribution in [-0.2, 0) is 0 Å². The summed E-state index contributed by atoms with van der Waals surface area (Å²) >= 11 is 13.2. The van der Waals surface area contributed by atoms with E-state index in [1.54, 1.807) is 11.3 Å². The minimum atomic E-state index is 0.367. The van der Waals surface area contributed by atoms with E-state index >= 15 is 0 Å². The van der Waals surface area contributed by atoms with Crippen molar-refractivity contribution >= 4 is 34.5 Å². The Morgan fingerprint density at radius 2 is 1.79 bits per heavy atom. The van der Waals surface area contributed by atoms with E-state index in [1.807, 2.05) is 19.1 Å². The summed E-state index contributed by atoms with van der Waals surface area (Å²) < 4.78 is 0. The van der Waals surface area contributed by atoms with Crippen LogP contribution in [0.25, 0.3) is 10.7 Å². The van der Waals surface area contributed by atoms with Crippen LogP contribution in [0.5, 0.6) is 0 Å². The van der Waals surface area contributed by atoms with Crippen molar-refractivity contribution in [3.8, 4) is 10.7 Å². The van der Waals surface area contributed by atoms with Crippen LogP contribution in [0.3, 0.4) is 0 Å². The first-order chi connectivity index (χ1) is 6.65. The van der Waals surface area contributed by atoms with Gasteiger partial charge in [-0.2, -0.15) is 0 Å². The van der Waals surface area contributed by atoms with Gasteiger partial charge in [0.25, 0.3) is 0 Å². The lowest BCUT2D eigenvalue weighted by atomic mass is 10.4. The number of aromatic nitrogens is 2. The van der Waals surface area contributed by atoms with Gasteiger partial charge >= 0.3 is 0 Å². The van der Waals surface area contributed by atoms with Crippen LogP contribution in [0, 0.1) is 6.92 Å². The van der Waals surface area contributed by atoms with E-state index in [9.17, 15) is 0 Å². The van der Waals surface area contributed by atoms with E-state index < -0.39 is 0 Å². The average Bonchev–Trinajstić information content (AvgIpc) is 2.50. The molecule has 0 aliphatic rings. The van der Waals surface area contributed by atoms with Gasteiger partial charge in [-0.3, -0.25) is 0 Å². The lowest BCUT2D eigenvalue weighted by Gasteiger charge is -1.97. The Morgan fingerprint density at radius 1 is 1.14 bits per heavy atom. The van der Waals surface area contributed by atoms with Crippen molar-refractivity contribution in [2.45, 2.75) is 6.92 Å². The van der Waals surface area contributed by atoms with Crippen molar-refractivity contribution in [2.24, 2.45) is 0 Å². The fourth-order valence-corrected chi connectivity index (χ4v) is 2.28. The number of hydrogen-bond acceptors (Lipinski definition) is 3. The number of rotatable bonds is 1. The summed E-state index contributed by atoms with van der Waals surface area (Å²) in [5.74, 6) is 0.584.